The summed E-state index contributed by atoms with van der Waals surface area (Å²) in [5, 5.41) is 3.05. The van der Waals surface area contributed by atoms with Crippen LogP contribution in [-0.4, -0.2) is 30.6 Å². The molecule has 0 saturated carbocycles. The minimum absolute atomic E-state index is 0.0476. The second-order valence-electron chi connectivity index (χ2n) is 6.74. The highest BCUT2D eigenvalue weighted by Gasteiger charge is 2.35. The minimum Gasteiger partial charge on any atom is -0.333 e. The molecular formula is C20H21N3O2. The van der Waals surface area contributed by atoms with Gasteiger partial charge in [0.2, 0.25) is 5.91 Å². The lowest BCUT2D eigenvalue weighted by molar-refractivity contribution is -0.117. The number of hydrogen-bond donors (Lipinski definition) is 1. The SMILES string of the molecule is C[C@@H]1Cc2ccccc2N1C(=O)N[C@H]1CC(=O)N(c2ccccc2)C1. The van der Waals surface area contributed by atoms with Crippen LogP contribution in [0.15, 0.2) is 54.6 Å². The molecule has 1 fully saturated rings. The molecule has 0 spiro atoms. The Labute approximate surface area is 147 Å². The number of hydrogen-bond acceptors (Lipinski definition) is 2. The Kier molecular flexibility index (Phi) is 3.92. The lowest BCUT2D eigenvalue weighted by atomic mass is 10.1. The largest absolute Gasteiger partial charge is 0.333 e. The Bertz CT molecular complexity index is 806. The van der Waals surface area contributed by atoms with Gasteiger partial charge in [0.05, 0.1) is 6.04 Å². The number of benzene rings is 2. The molecule has 1 N–H and O–H groups in total. The maximum absolute atomic E-state index is 12.8. The molecule has 0 aromatic heterocycles. The highest BCUT2D eigenvalue weighted by atomic mass is 16.2. The molecule has 2 aromatic rings. The summed E-state index contributed by atoms with van der Waals surface area (Å²) in [6.07, 6.45) is 1.20. The van der Waals surface area contributed by atoms with Crippen molar-refractivity contribution in [2.75, 3.05) is 16.3 Å². The van der Waals surface area contributed by atoms with Crippen LogP contribution in [0.4, 0.5) is 16.2 Å². The first-order valence-electron chi connectivity index (χ1n) is 8.66. The smallest absolute Gasteiger partial charge is 0.322 e. The third-order valence-corrected chi connectivity index (χ3v) is 4.95. The molecule has 0 aliphatic carbocycles. The van der Waals surface area contributed by atoms with Gasteiger partial charge in [0, 0.05) is 30.4 Å². The van der Waals surface area contributed by atoms with E-state index in [9.17, 15) is 9.59 Å². The molecule has 3 amide bonds. The predicted molar refractivity (Wildman–Crippen MR) is 97.8 cm³/mol. The van der Waals surface area contributed by atoms with Crippen LogP contribution in [0.5, 0.6) is 0 Å². The van der Waals surface area contributed by atoms with Crippen molar-refractivity contribution >= 4 is 23.3 Å². The number of amides is 3. The number of rotatable bonds is 2. The quantitative estimate of drug-likeness (QED) is 0.917. The van der Waals surface area contributed by atoms with E-state index in [-0.39, 0.29) is 24.0 Å². The van der Waals surface area contributed by atoms with Crippen LogP contribution in [0.3, 0.4) is 0 Å². The van der Waals surface area contributed by atoms with Gasteiger partial charge in [0.15, 0.2) is 0 Å². The molecule has 2 atom stereocenters. The first-order chi connectivity index (χ1) is 12.1. The van der Waals surface area contributed by atoms with Crippen molar-refractivity contribution < 1.29 is 9.59 Å². The predicted octanol–water partition coefficient (Wildman–Crippen LogP) is 2.95. The van der Waals surface area contributed by atoms with Gasteiger partial charge in [-0.3, -0.25) is 9.69 Å². The van der Waals surface area contributed by atoms with Gasteiger partial charge in [-0.1, -0.05) is 36.4 Å². The summed E-state index contributed by atoms with van der Waals surface area (Å²) in [7, 11) is 0. The van der Waals surface area contributed by atoms with Crippen LogP contribution < -0.4 is 15.1 Å². The normalized spacial score (nSPS) is 22.2. The molecule has 4 rings (SSSR count). The molecule has 0 bridgehead atoms. The fourth-order valence-corrected chi connectivity index (χ4v) is 3.78. The van der Waals surface area contributed by atoms with E-state index in [1.807, 2.05) is 53.4 Å². The summed E-state index contributed by atoms with van der Waals surface area (Å²) >= 11 is 0. The molecule has 5 heteroatoms. The van der Waals surface area contributed by atoms with Gasteiger partial charge < -0.3 is 10.2 Å². The van der Waals surface area contributed by atoms with E-state index >= 15 is 0 Å². The summed E-state index contributed by atoms with van der Waals surface area (Å²) in [4.78, 5) is 28.7. The fourth-order valence-electron chi connectivity index (χ4n) is 3.78. The molecule has 2 aliphatic rings. The summed E-state index contributed by atoms with van der Waals surface area (Å²) < 4.78 is 0. The number of fused-ring (bicyclic) bond motifs is 1. The number of urea groups is 1. The Morgan fingerprint density at radius 1 is 1.04 bits per heavy atom. The van der Waals surface area contributed by atoms with Crippen LogP contribution in [0.25, 0.3) is 0 Å². The Balaban J connectivity index is 1.46. The number of nitrogens with one attached hydrogen (secondary N) is 1. The van der Waals surface area contributed by atoms with Crippen LogP contribution in [0, 0.1) is 0 Å². The van der Waals surface area contributed by atoms with E-state index in [1.54, 1.807) is 4.90 Å². The summed E-state index contributed by atoms with van der Waals surface area (Å²) in [5.41, 5.74) is 3.04. The molecule has 2 heterocycles. The third-order valence-electron chi connectivity index (χ3n) is 4.95. The molecule has 5 nitrogen and oxygen atoms in total. The number of carbonyl (C=O) groups is 2. The van der Waals surface area contributed by atoms with E-state index in [2.05, 4.69) is 18.3 Å². The lowest BCUT2D eigenvalue weighted by Crippen LogP contribution is -2.48. The van der Waals surface area contributed by atoms with Crippen molar-refractivity contribution in [2.24, 2.45) is 0 Å². The molecule has 0 unspecified atom stereocenters. The number of nitrogens with zero attached hydrogens (tertiary/aromatic N) is 2. The van der Waals surface area contributed by atoms with Crippen molar-refractivity contribution in [2.45, 2.75) is 31.8 Å². The molecule has 25 heavy (non-hydrogen) atoms. The summed E-state index contributed by atoms with van der Waals surface area (Å²) in [5.74, 6) is 0.0476. The van der Waals surface area contributed by atoms with Gasteiger partial charge in [-0.05, 0) is 37.1 Å². The zero-order valence-electron chi connectivity index (χ0n) is 14.2. The maximum Gasteiger partial charge on any atom is 0.322 e. The second kappa shape index (κ2) is 6.24. The number of anilines is 2. The van der Waals surface area contributed by atoms with E-state index in [0.29, 0.717) is 13.0 Å². The van der Waals surface area contributed by atoms with Gasteiger partial charge in [-0.15, -0.1) is 0 Å². The third kappa shape index (κ3) is 2.86. The first kappa shape index (κ1) is 15.7. The molecular weight excluding hydrogens is 314 g/mol. The Morgan fingerprint density at radius 2 is 1.76 bits per heavy atom. The van der Waals surface area contributed by atoms with E-state index in [1.165, 1.54) is 5.56 Å². The standard InChI is InChI=1S/C20H21N3O2/c1-14-11-15-7-5-6-10-18(15)23(14)20(25)21-16-12-19(24)22(13-16)17-8-3-2-4-9-17/h2-10,14,16H,11-13H2,1H3,(H,21,25)/t14-,16+/m1/s1. The zero-order chi connectivity index (χ0) is 17.4. The van der Waals surface area contributed by atoms with Crippen LogP contribution in [-0.2, 0) is 11.2 Å². The molecule has 2 aromatic carbocycles. The van der Waals surface area contributed by atoms with Gasteiger partial charge in [0.1, 0.15) is 0 Å². The monoisotopic (exact) mass is 335 g/mol. The van der Waals surface area contributed by atoms with E-state index < -0.39 is 0 Å². The second-order valence-corrected chi connectivity index (χ2v) is 6.74. The summed E-state index contributed by atoms with van der Waals surface area (Å²) in [6, 6.07) is 17.4. The van der Waals surface area contributed by atoms with Crippen molar-refractivity contribution in [3.63, 3.8) is 0 Å². The topological polar surface area (TPSA) is 52.7 Å². The van der Waals surface area contributed by atoms with Crippen molar-refractivity contribution in [3.05, 3.63) is 60.2 Å². The minimum atomic E-state index is -0.167. The van der Waals surface area contributed by atoms with Crippen LogP contribution in [0.1, 0.15) is 18.9 Å². The average Bonchev–Trinajstić information content (AvgIpc) is 3.14. The van der Waals surface area contributed by atoms with Crippen molar-refractivity contribution in [1.29, 1.82) is 0 Å². The first-order valence-corrected chi connectivity index (χ1v) is 8.66. The molecule has 2 aliphatic heterocycles. The maximum atomic E-state index is 12.8. The number of carbonyl (C=O) groups excluding carboxylic acids is 2. The van der Waals surface area contributed by atoms with Crippen molar-refractivity contribution in [1.82, 2.24) is 5.32 Å². The highest BCUT2D eigenvalue weighted by Crippen LogP contribution is 2.32. The van der Waals surface area contributed by atoms with Gasteiger partial charge in [-0.25, -0.2) is 4.79 Å². The van der Waals surface area contributed by atoms with Crippen LogP contribution >= 0.6 is 0 Å². The van der Waals surface area contributed by atoms with E-state index in [0.717, 1.165) is 17.8 Å². The van der Waals surface area contributed by atoms with E-state index in [4.69, 9.17) is 0 Å². The molecule has 0 radical (unpaired) electrons. The Morgan fingerprint density at radius 3 is 2.56 bits per heavy atom. The Hall–Kier alpha value is -2.82. The van der Waals surface area contributed by atoms with Gasteiger partial charge in [-0.2, -0.15) is 0 Å². The van der Waals surface area contributed by atoms with Crippen molar-refractivity contribution in [3.8, 4) is 0 Å². The fraction of sp³-hybridized carbons (Fsp3) is 0.300. The lowest BCUT2D eigenvalue weighted by Gasteiger charge is -2.25. The molecule has 128 valence electrons. The van der Waals surface area contributed by atoms with Gasteiger partial charge in [0.25, 0.3) is 0 Å². The van der Waals surface area contributed by atoms with Gasteiger partial charge >= 0.3 is 6.03 Å². The highest BCUT2D eigenvalue weighted by molar-refractivity contribution is 5.99. The molecule has 1 saturated heterocycles. The summed E-state index contributed by atoms with van der Waals surface area (Å²) in [6.45, 7) is 2.56. The number of para-hydroxylation sites is 2. The average molecular weight is 335 g/mol. The zero-order valence-corrected chi connectivity index (χ0v) is 14.2. The van der Waals surface area contributed by atoms with Crippen LogP contribution in [0.2, 0.25) is 0 Å².